The lowest BCUT2D eigenvalue weighted by Crippen LogP contribution is -2.58. The number of ketones is 2. The van der Waals surface area contributed by atoms with Crippen LogP contribution < -0.4 is 16.1 Å². The lowest BCUT2D eigenvalue weighted by atomic mass is 9.47. The first-order chi connectivity index (χ1) is 20.8. The van der Waals surface area contributed by atoms with Gasteiger partial charge in [-0.2, -0.15) is 0 Å². The van der Waals surface area contributed by atoms with Gasteiger partial charge in [-0.05, 0) is 46.9 Å². The third-order valence-electron chi connectivity index (χ3n) is 9.37. The Morgan fingerprint density at radius 3 is 2.30 bits per heavy atom. The Labute approximate surface area is 246 Å². The summed E-state index contributed by atoms with van der Waals surface area (Å²) in [7, 11) is 2.89. The van der Waals surface area contributed by atoms with Gasteiger partial charge in [0.05, 0.1) is 25.1 Å². The van der Waals surface area contributed by atoms with Gasteiger partial charge in [0.15, 0.2) is 23.1 Å². The number of nitrogens with zero attached hydrogens (tertiary/aromatic N) is 3. The molecule has 1 N–H and O–H groups in total. The summed E-state index contributed by atoms with van der Waals surface area (Å²) in [5, 5.41) is 10.5. The molecule has 0 amide bonds. The maximum absolute atomic E-state index is 14.9. The van der Waals surface area contributed by atoms with Crippen LogP contribution in [0.25, 0.3) is 5.57 Å². The molecule has 7 rings (SSSR count). The van der Waals surface area contributed by atoms with Crippen molar-refractivity contribution in [3.05, 3.63) is 134 Å². The van der Waals surface area contributed by atoms with E-state index in [1.807, 2.05) is 66.7 Å². The Balaban J connectivity index is 1.57. The molecule has 9 nitrogen and oxygen atoms in total. The number of phenolic OH excluding ortho intramolecular Hbond substituents is 1. The number of hydrogen-bond acceptors (Lipinski definition) is 6. The van der Waals surface area contributed by atoms with Gasteiger partial charge in [-0.25, -0.2) is 23.5 Å². The molecule has 0 saturated heterocycles. The summed E-state index contributed by atoms with van der Waals surface area (Å²) in [5.74, 6) is -1.85. The van der Waals surface area contributed by atoms with Crippen LogP contribution in [-0.2, 0) is 28.6 Å². The van der Waals surface area contributed by atoms with Crippen molar-refractivity contribution in [2.75, 3.05) is 7.11 Å². The van der Waals surface area contributed by atoms with E-state index in [9.17, 15) is 24.3 Å². The fraction of sp³-hybridized carbons (Fsp3) is 0.235. The third-order valence-corrected chi connectivity index (χ3v) is 9.37. The Kier molecular flexibility index (Phi) is 6.02. The number of fused-ring (bicyclic) bond motifs is 4. The molecule has 0 bridgehead atoms. The van der Waals surface area contributed by atoms with Crippen LogP contribution in [0.4, 0.5) is 0 Å². The SMILES string of the molecule is COc1cc([C@H]2C3=CCn4c(=O)n(C)c(=O)n4[C@@H]3C[C@H]3C(=O)C(c4ccccc4)=CC(=O)[C@@]23c2ccccc2)ccc1O. The number of aromatic nitrogens is 3. The number of hydrogen-bond donors (Lipinski definition) is 1. The van der Waals surface area contributed by atoms with Crippen molar-refractivity contribution < 1.29 is 19.4 Å². The number of Topliss-reactive ketones (excluding diaryl/α,β-unsaturated/α-hetero) is 1. The van der Waals surface area contributed by atoms with Gasteiger partial charge >= 0.3 is 11.4 Å². The lowest BCUT2D eigenvalue weighted by Gasteiger charge is -2.54. The topological polar surface area (TPSA) is 113 Å². The minimum Gasteiger partial charge on any atom is -0.504 e. The standard InChI is InChI=1S/C34H29N3O6/c1-35-32(41)36-16-15-23-26(37(36)33(35)42)19-25-31(40)24(20-9-5-3-6-10-20)18-29(39)34(25,22-11-7-4-8-12-22)30(23)21-13-14-27(38)28(17-21)43-2/h3-15,17-18,25-26,30,38H,16,19H2,1-2H3/t25-,26+,30-,34-/m0/s1. The fourth-order valence-electron chi connectivity index (χ4n) is 7.49. The molecule has 1 saturated carbocycles. The minimum atomic E-state index is -1.36. The van der Waals surface area contributed by atoms with E-state index in [0.717, 1.165) is 10.1 Å². The molecule has 2 aliphatic carbocycles. The molecular weight excluding hydrogens is 546 g/mol. The second-order valence-electron chi connectivity index (χ2n) is 11.3. The van der Waals surface area contributed by atoms with Gasteiger partial charge in [-0.3, -0.25) is 9.59 Å². The molecular formula is C34H29N3O6. The fourth-order valence-corrected chi connectivity index (χ4v) is 7.49. The van der Waals surface area contributed by atoms with E-state index in [2.05, 4.69) is 0 Å². The highest BCUT2D eigenvalue weighted by Crippen LogP contribution is 2.61. The highest BCUT2D eigenvalue weighted by Gasteiger charge is 2.63. The van der Waals surface area contributed by atoms with Crippen molar-refractivity contribution in [3.63, 3.8) is 0 Å². The molecule has 43 heavy (non-hydrogen) atoms. The first-order valence-electron chi connectivity index (χ1n) is 14.2. The average Bonchev–Trinajstić information content (AvgIpc) is 3.26. The van der Waals surface area contributed by atoms with Crippen LogP contribution in [0, 0.1) is 5.92 Å². The first kappa shape index (κ1) is 26.7. The lowest BCUT2D eigenvalue weighted by molar-refractivity contribution is -0.133. The van der Waals surface area contributed by atoms with E-state index in [1.165, 1.54) is 35.7 Å². The van der Waals surface area contributed by atoms with Gasteiger partial charge < -0.3 is 9.84 Å². The summed E-state index contributed by atoms with van der Waals surface area (Å²) in [6.07, 6.45) is 3.52. The zero-order valence-electron chi connectivity index (χ0n) is 23.6. The summed E-state index contributed by atoms with van der Waals surface area (Å²) in [6.45, 7) is 0.134. The second kappa shape index (κ2) is 9.69. The molecule has 1 aromatic heterocycles. The van der Waals surface area contributed by atoms with Crippen LogP contribution in [0.5, 0.6) is 11.5 Å². The smallest absolute Gasteiger partial charge is 0.347 e. The largest absolute Gasteiger partial charge is 0.504 e. The van der Waals surface area contributed by atoms with Crippen molar-refractivity contribution in [1.82, 2.24) is 13.9 Å². The van der Waals surface area contributed by atoms with Crippen molar-refractivity contribution in [3.8, 4) is 11.5 Å². The Hall–Kier alpha value is -5.18. The number of phenols is 1. The van der Waals surface area contributed by atoms with Gasteiger partial charge in [-0.1, -0.05) is 72.8 Å². The highest BCUT2D eigenvalue weighted by atomic mass is 16.5. The van der Waals surface area contributed by atoms with Gasteiger partial charge in [0.25, 0.3) is 0 Å². The molecule has 1 aliphatic heterocycles. The van der Waals surface area contributed by atoms with Gasteiger partial charge in [-0.15, -0.1) is 0 Å². The van der Waals surface area contributed by atoms with E-state index >= 15 is 0 Å². The number of ether oxygens (including phenoxy) is 1. The monoisotopic (exact) mass is 575 g/mol. The zero-order chi connectivity index (χ0) is 30.0. The Morgan fingerprint density at radius 1 is 0.907 bits per heavy atom. The maximum atomic E-state index is 14.9. The molecule has 0 spiro atoms. The molecule has 2 heterocycles. The van der Waals surface area contributed by atoms with E-state index in [4.69, 9.17) is 4.74 Å². The number of carbonyl (C=O) groups excluding carboxylic acids is 2. The van der Waals surface area contributed by atoms with Crippen LogP contribution in [0.1, 0.15) is 35.1 Å². The molecule has 0 radical (unpaired) electrons. The minimum absolute atomic E-state index is 0.0630. The maximum Gasteiger partial charge on any atom is 0.347 e. The van der Waals surface area contributed by atoms with E-state index in [-0.39, 0.29) is 36.0 Å². The van der Waals surface area contributed by atoms with Crippen LogP contribution in [-0.4, -0.2) is 37.7 Å². The van der Waals surface area contributed by atoms with Crippen LogP contribution in [0.2, 0.25) is 0 Å². The van der Waals surface area contributed by atoms with Crippen LogP contribution in [0.3, 0.4) is 0 Å². The van der Waals surface area contributed by atoms with Crippen molar-refractivity contribution >= 4 is 17.1 Å². The zero-order valence-corrected chi connectivity index (χ0v) is 23.6. The predicted molar refractivity (Wildman–Crippen MR) is 159 cm³/mol. The van der Waals surface area contributed by atoms with Crippen molar-refractivity contribution in [1.29, 1.82) is 0 Å². The number of methoxy groups -OCH3 is 1. The molecule has 216 valence electrons. The Bertz CT molecular complexity index is 1980. The predicted octanol–water partition coefficient (Wildman–Crippen LogP) is 3.52. The van der Waals surface area contributed by atoms with Crippen LogP contribution >= 0.6 is 0 Å². The Morgan fingerprint density at radius 2 is 1.60 bits per heavy atom. The molecule has 9 heteroatoms. The molecule has 0 unspecified atom stereocenters. The molecule has 4 aromatic rings. The van der Waals surface area contributed by atoms with Gasteiger partial charge in [0.1, 0.15) is 0 Å². The molecule has 3 aliphatic rings. The quantitative estimate of drug-likeness (QED) is 0.373. The molecule has 1 fully saturated rings. The van der Waals surface area contributed by atoms with Crippen molar-refractivity contribution in [2.45, 2.75) is 30.3 Å². The summed E-state index contributed by atoms with van der Waals surface area (Å²) in [6, 6.07) is 22.7. The third kappa shape index (κ3) is 3.64. The van der Waals surface area contributed by atoms with Crippen molar-refractivity contribution in [2.24, 2.45) is 13.0 Å². The summed E-state index contributed by atoms with van der Waals surface area (Å²) >= 11 is 0. The van der Waals surface area contributed by atoms with E-state index < -0.39 is 34.7 Å². The summed E-state index contributed by atoms with van der Waals surface area (Å²) in [5.41, 5.74) is 0.773. The number of allylic oxidation sites excluding steroid dienone is 4. The van der Waals surface area contributed by atoms with Crippen LogP contribution in [0.15, 0.2) is 106 Å². The number of aromatic hydroxyl groups is 1. The molecule has 3 aromatic carbocycles. The summed E-state index contributed by atoms with van der Waals surface area (Å²) in [4.78, 5) is 56.1. The van der Waals surface area contributed by atoms with E-state index in [1.54, 1.807) is 12.1 Å². The number of rotatable bonds is 4. The normalized spacial score (nSPS) is 24.4. The van der Waals surface area contributed by atoms with Gasteiger partial charge in [0.2, 0.25) is 0 Å². The number of benzene rings is 3. The highest BCUT2D eigenvalue weighted by molar-refractivity contribution is 6.31. The summed E-state index contributed by atoms with van der Waals surface area (Å²) < 4.78 is 9.37. The first-order valence-corrected chi connectivity index (χ1v) is 14.2. The average molecular weight is 576 g/mol. The number of carbonyl (C=O) groups is 2. The van der Waals surface area contributed by atoms with E-state index in [0.29, 0.717) is 22.3 Å². The second-order valence-corrected chi connectivity index (χ2v) is 11.3. The van der Waals surface area contributed by atoms with Gasteiger partial charge in [0, 0.05) is 24.5 Å². The molecule has 4 atom stereocenters.